The molecule has 1 N–H and O–H groups in total. The number of halogens is 1. The molecule has 2 aromatic rings. The van der Waals surface area contributed by atoms with Gasteiger partial charge >= 0.3 is 0 Å². The minimum absolute atomic E-state index is 0.177. The first-order valence-electron chi connectivity index (χ1n) is 5.97. The summed E-state index contributed by atoms with van der Waals surface area (Å²) in [6.45, 7) is 5.68. The molecule has 1 aromatic heterocycles. The number of hydroxylamine groups is 1. The number of nitrogens with zero attached hydrogens (tertiary/aromatic N) is 2. The molecule has 0 radical (unpaired) electrons. The Morgan fingerprint density at radius 2 is 1.74 bits per heavy atom. The van der Waals surface area contributed by atoms with E-state index in [0.717, 1.165) is 28.1 Å². The first kappa shape index (κ1) is 13.4. The van der Waals surface area contributed by atoms with Crippen molar-refractivity contribution in [1.29, 1.82) is 0 Å². The summed E-state index contributed by atoms with van der Waals surface area (Å²) in [4.78, 5) is 13.3. The summed E-state index contributed by atoms with van der Waals surface area (Å²) < 4.78 is 14.0. The maximum absolute atomic E-state index is 14.0. The van der Waals surface area contributed by atoms with Gasteiger partial charge < -0.3 is 4.84 Å². The average molecular weight is 261 g/mol. The summed E-state index contributed by atoms with van der Waals surface area (Å²) in [5.74, 6) is -0.242. The zero-order valence-electron chi connectivity index (χ0n) is 11.4. The zero-order valence-corrected chi connectivity index (χ0v) is 11.4. The van der Waals surface area contributed by atoms with Crippen LogP contribution in [0.15, 0.2) is 18.5 Å². The van der Waals surface area contributed by atoms with Crippen LogP contribution in [0.25, 0.3) is 11.1 Å². The largest absolute Gasteiger partial charge is 0.406 e. The molecule has 1 heterocycles. The molecule has 0 saturated heterocycles. The molecule has 19 heavy (non-hydrogen) atoms. The van der Waals surface area contributed by atoms with Gasteiger partial charge in [0, 0.05) is 24.0 Å². The van der Waals surface area contributed by atoms with Crippen LogP contribution in [0, 0.1) is 26.6 Å². The van der Waals surface area contributed by atoms with Crippen molar-refractivity contribution in [3.05, 3.63) is 41.2 Å². The molecule has 0 atom stereocenters. The van der Waals surface area contributed by atoms with E-state index in [9.17, 15) is 4.39 Å². The van der Waals surface area contributed by atoms with Crippen LogP contribution >= 0.6 is 0 Å². The van der Waals surface area contributed by atoms with Gasteiger partial charge in [-0.25, -0.2) is 14.4 Å². The van der Waals surface area contributed by atoms with Gasteiger partial charge in [0.2, 0.25) is 0 Å². The third-order valence-electron chi connectivity index (χ3n) is 2.99. The van der Waals surface area contributed by atoms with E-state index in [1.165, 1.54) is 12.4 Å². The van der Waals surface area contributed by atoms with Crippen LogP contribution in [0.2, 0.25) is 0 Å². The summed E-state index contributed by atoms with van der Waals surface area (Å²) in [5, 5.41) is 0. The molecule has 0 unspecified atom stereocenters. The SMILES string of the molecule is CNOc1cc(C)c(-c2c(C)ncnc2C)cc1F. The molecule has 0 bridgehead atoms. The van der Waals surface area contributed by atoms with Gasteiger partial charge in [0.15, 0.2) is 11.6 Å². The van der Waals surface area contributed by atoms with Crippen molar-refractivity contribution in [1.82, 2.24) is 15.4 Å². The highest BCUT2D eigenvalue weighted by atomic mass is 19.1. The number of hydrogen-bond donors (Lipinski definition) is 1. The number of nitrogens with one attached hydrogen (secondary N) is 1. The second kappa shape index (κ2) is 5.32. The predicted octanol–water partition coefficient (Wildman–Crippen LogP) is 2.72. The quantitative estimate of drug-likeness (QED) is 0.863. The third kappa shape index (κ3) is 2.56. The molecule has 0 fully saturated rings. The van der Waals surface area contributed by atoms with E-state index in [1.54, 1.807) is 13.1 Å². The molecule has 0 aliphatic rings. The monoisotopic (exact) mass is 261 g/mol. The third-order valence-corrected chi connectivity index (χ3v) is 2.99. The van der Waals surface area contributed by atoms with Crippen LogP contribution < -0.4 is 10.3 Å². The molecule has 0 aliphatic heterocycles. The molecule has 0 amide bonds. The standard InChI is InChI=1S/C14H16FN3O/c1-8-5-13(19-16-4)12(15)6-11(8)14-9(2)17-7-18-10(14)3/h5-7,16H,1-4H3. The number of rotatable bonds is 3. The van der Waals surface area contributed by atoms with E-state index >= 15 is 0 Å². The molecule has 5 heteroatoms. The highest BCUT2D eigenvalue weighted by Gasteiger charge is 2.14. The van der Waals surface area contributed by atoms with Crippen molar-refractivity contribution in [2.75, 3.05) is 7.05 Å². The van der Waals surface area contributed by atoms with Crippen molar-refractivity contribution in [2.45, 2.75) is 20.8 Å². The van der Waals surface area contributed by atoms with Crippen molar-refractivity contribution >= 4 is 0 Å². The summed E-state index contributed by atoms with van der Waals surface area (Å²) in [5.41, 5.74) is 6.70. The lowest BCUT2D eigenvalue weighted by Crippen LogP contribution is -2.12. The topological polar surface area (TPSA) is 47.0 Å². The van der Waals surface area contributed by atoms with Crippen LogP contribution in [0.4, 0.5) is 4.39 Å². The Hall–Kier alpha value is -2.01. The Kier molecular flexibility index (Phi) is 3.76. The molecule has 0 spiro atoms. The van der Waals surface area contributed by atoms with E-state index < -0.39 is 5.82 Å². The van der Waals surface area contributed by atoms with Gasteiger partial charge in [-0.3, -0.25) is 0 Å². The van der Waals surface area contributed by atoms with E-state index in [4.69, 9.17) is 4.84 Å². The van der Waals surface area contributed by atoms with Crippen LogP contribution in [-0.2, 0) is 0 Å². The molecule has 1 aromatic carbocycles. The van der Waals surface area contributed by atoms with E-state index in [-0.39, 0.29) is 5.75 Å². The highest BCUT2D eigenvalue weighted by molar-refractivity contribution is 5.72. The number of aryl methyl sites for hydroxylation is 3. The van der Waals surface area contributed by atoms with Gasteiger partial charge in [0.25, 0.3) is 0 Å². The Bertz CT molecular complexity index is 594. The fraction of sp³-hybridized carbons (Fsp3) is 0.286. The minimum Gasteiger partial charge on any atom is -0.406 e. The molecule has 100 valence electrons. The lowest BCUT2D eigenvalue weighted by Gasteiger charge is -2.13. The average Bonchev–Trinajstić information content (AvgIpc) is 2.35. The fourth-order valence-corrected chi connectivity index (χ4v) is 2.10. The van der Waals surface area contributed by atoms with Crippen LogP contribution in [0.5, 0.6) is 5.75 Å². The molecule has 4 nitrogen and oxygen atoms in total. The molecular formula is C14H16FN3O. The van der Waals surface area contributed by atoms with Crippen LogP contribution in [0.1, 0.15) is 17.0 Å². The molecule has 0 aliphatic carbocycles. The van der Waals surface area contributed by atoms with Gasteiger partial charge in [-0.05, 0) is 44.0 Å². The second-order valence-electron chi connectivity index (χ2n) is 4.32. The normalized spacial score (nSPS) is 10.6. The zero-order chi connectivity index (χ0) is 14.0. The highest BCUT2D eigenvalue weighted by Crippen LogP contribution is 2.32. The Morgan fingerprint density at radius 3 is 2.32 bits per heavy atom. The minimum atomic E-state index is -0.419. The first-order chi connectivity index (χ1) is 9.04. The smallest absolute Gasteiger partial charge is 0.183 e. The molecule has 2 rings (SSSR count). The summed E-state index contributed by atoms with van der Waals surface area (Å²) in [7, 11) is 1.59. The Morgan fingerprint density at radius 1 is 1.11 bits per heavy atom. The predicted molar refractivity (Wildman–Crippen MR) is 71.3 cm³/mol. The van der Waals surface area contributed by atoms with Crippen molar-refractivity contribution < 1.29 is 9.23 Å². The number of aromatic nitrogens is 2. The van der Waals surface area contributed by atoms with Gasteiger partial charge in [0.1, 0.15) is 6.33 Å². The second-order valence-corrected chi connectivity index (χ2v) is 4.32. The van der Waals surface area contributed by atoms with E-state index in [1.807, 2.05) is 20.8 Å². The Labute approximate surface area is 111 Å². The lowest BCUT2D eigenvalue weighted by atomic mass is 9.97. The maximum Gasteiger partial charge on any atom is 0.183 e. The van der Waals surface area contributed by atoms with Crippen molar-refractivity contribution in [2.24, 2.45) is 0 Å². The van der Waals surface area contributed by atoms with Gasteiger partial charge in [0.05, 0.1) is 0 Å². The van der Waals surface area contributed by atoms with E-state index in [2.05, 4.69) is 15.4 Å². The number of benzene rings is 1. The fourth-order valence-electron chi connectivity index (χ4n) is 2.10. The number of hydrogen-bond acceptors (Lipinski definition) is 4. The van der Waals surface area contributed by atoms with Crippen molar-refractivity contribution in [3.63, 3.8) is 0 Å². The van der Waals surface area contributed by atoms with Gasteiger partial charge in [-0.1, -0.05) is 0 Å². The maximum atomic E-state index is 14.0. The first-order valence-corrected chi connectivity index (χ1v) is 5.97. The van der Waals surface area contributed by atoms with Crippen LogP contribution in [-0.4, -0.2) is 17.0 Å². The Balaban J connectivity index is 2.61. The van der Waals surface area contributed by atoms with Gasteiger partial charge in [-0.2, -0.15) is 5.48 Å². The molecule has 0 saturated carbocycles. The van der Waals surface area contributed by atoms with Crippen LogP contribution in [0.3, 0.4) is 0 Å². The summed E-state index contributed by atoms with van der Waals surface area (Å²) in [6.07, 6.45) is 1.51. The van der Waals surface area contributed by atoms with E-state index in [0.29, 0.717) is 0 Å². The summed E-state index contributed by atoms with van der Waals surface area (Å²) >= 11 is 0. The lowest BCUT2D eigenvalue weighted by molar-refractivity contribution is 0.213. The molecular weight excluding hydrogens is 245 g/mol. The van der Waals surface area contributed by atoms with Gasteiger partial charge in [-0.15, -0.1) is 0 Å². The van der Waals surface area contributed by atoms with Crippen molar-refractivity contribution in [3.8, 4) is 16.9 Å². The summed E-state index contributed by atoms with van der Waals surface area (Å²) in [6, 6.07) is 3.12.